The molecule has 4 aliphatic carbocycles. The Morgan fingerprint density at radius 1 is 0.867 bits per heavy atom. The zero-order valence-corrected chi connectivity index (χ0v) is 28.2. The molecule has 0 N–H and O–H groups in total. The first-order valence-corrected chi connectivity index (χ1v) is 17.8. The van der Waals surface area contributed by atoms with Crippen molar-refractivity contribution in [2.75, 3.05) is 0 Å². The number of hydrogen-bond acceptors (Lipinski definition) is 5. The van der Waals surface area contributed by atoms with Crippen molar-refractivity contribution < 1.29 is 14.3 Å². The molecule has 5 heteroatoms. The second kappa shape index (κ2) is 13.4. The van der Waals surface area contributed by atoms with E-state index in [0.717, 1.165) is 60.5 Å². The van der Waals surface area contributed by atoms with E-state index >= 15 is 0 Å². The molecule has 0 saturated heterocycles. The molecule has 0 aromatic heterocycles. The number of carbonyl (C=O) groups excluding carboxylic acids is 1. The number of hydrogen-bond donors (Lipinski definition) is 0. The molecule has 2 aromatic carbocycles. The Bertz CT molecular complexity index is 1370. The normalized spacial score (nSPS) is 33.2. The Morgan fingerprint density at radius 2 is 1.60 bits per heavy atom. The second-order valence-electron chi connectivity index (χ2n) is 15.7. The van der Waals surface area contributed by atoms with Gasteiger partial charge in [-0.2, -0.15) is 10.2 Å². The molecule has 3 fully saturated rings. The van der Waals surface area contributed by atoms with Gasteiger partial charge in [-0.15, -0.1) is 0 Å². The highest BCUT2D eigenvalue weighted by Crippen LogP contribution is 2.67. The van der Waals surface area contributed by atoms with Crippen molar-refractivity contribution in [3.8, 4) is 5.75 Å². The van der Waals surface area contributed by atoms with Gasteiger partial charge >= 0.3 is 6.16 Å². The van der Waals surface area contributed by atoms with Crippen LogP contribution < -0.4 is 4.74 Å². The minimum Gasteiger partial charge on any atom is -0.430 e. The van der Waals surface area contributed by atoms with Gasteiger partial charge in [0.25, 0.3) is 0 Å². The van der Waals surface area contributed by atoms with E-state index in [2.05, 4.69) is 50.9 Å². The number of nitrogens with zero attached hydrogens (tertiary/aromatic N) is 2. The lowest BCUT2D eigenvalue weighted by molar-refractivity contribution is -0.0597. The maximum Gasteiger partial charge on any atom is 0.514 e. The molecule has 2 aromatic rings. The van der Waals surface area contributed by atoms with Crippen molar-refractivity contribution in [2.24, 2.45) is 56.6 Å². The van der Waals surface area contributed by atoms with Crippen molar-refractivity contribution in [1.82, 2.24) is 0 Å². The van der Waals surface area contributed by atoms with Crippen LogP contribution in [-0.4, -0.2) is 12.3 Å². The van der Waals surface area contributed by atoms with Crippen molar-refractivity contribution in [3.05, 3.63) is 66.2 Å². The standard InChI is InChI=1S/C40H54N2O3/c1-27(2)10-9-11-28(3)35-20-21-36-34-19-14-29-26-33(22-24-39(29,4)37(34)23-25-40(35,36)5)45-38(43)44-32-17-15-31(16-18-32)42-41-30-12-7-6-8-13-30/h6-8,12-18,27-28,33-37H,9-11,19-26H2,1-5H3/t28-,33+,34+,35-,36+,37+,39+,40-/m1/s1. The summed E-state index contributed by atoms with van der Waals surface area (Å²) in [6.07, 6.45) is 15.6. The molecule has 0 bridgehead atoms. The molecular formula is C40H54N2O3. The van der Waals surface area contributed by atoms with Crippen LogP contribution in [0.4, 0.5) is 16.2 Å². The zero-order chi connectivity index (χ0) is 31.6. The molecule has 0 radical (unpaired) electrons. The van der Waals surface area contributed by atoms with Gasteiger partial charge < -0.3 is 9.47 Å². The van der Waals surface area contributed by atoms with Crippen LogP contribution in [0.5, 0.6) is 5.75 Å². The first-order chi connectivity index (χ1) is 21.7. The van der Waals surface area contributed by atoms with Crippen molar-refractivity contribution in [3.63, 3.8) is 0 Å². The molecule has 0 spiro atoms. The maximum absolute atomic E-state index is 12.8. The SMILES string of the molecule is CC(C)CCC[C@@H](C)[C@H]1CC[C@H]2[C@@H]3CC=C4C[C@@H](OC(=O)Oc5ccc(N=Nc6ccccc6)cc5)CC[C@]4(C)[C@H]3CC[C@]12C. The highest BCUT2D eigenvalue weighted by atomic mass is 16.7. The fourth-order valence-electron chi connectivity index (χ4n) is 10.2. The molecule has 8 atom stereocenters. The molecule has 4 aliphatic rings. The Kier molecular flexibility index (Phi) is 9.54. The van der Waals surface area contributed by atoms with E-state index in [-0.39, 0.29) is 11.5 Å². The van der Waals surface area contributed by atoms with E-state index in [4.69, 9.17) is 9.47 Å². The van der Waals surface area contributed by atoms with Crippen molar-refractivity contribution in [2.45, 2.75) is 111 Å². The van der Waals surface area contributed by atoms with Crippen LogP contribution in [0.25, 0.3) is 0 Å². The fourth-order valence-corrected chi connectivity index (χ4v) is 10.2. The van der Waals surface area contributed by atoms with E-state index in [1.807, 2.05) is 30.3 Å². The lowest BCUT2D eigenvalue weighted by Crippen LogP contribution is -2.51. The maximum atomic E-state index is 12.8. The van der Waals surface area contributed by atoms with Gasteiger partial charge in [0.15, 0.2) is 0 Å². The van der Waals surface area contributed by atoms with E-state index in [0.29, 0.717) is 16.9 Å². The number of azo groups is 1. The summed E-state index contributed by atoms with van der Waals surface area (Å²) in [5.74, 6) is 5.43. The van der Waals surface area contributed by atoms with Crippen molar-refractivity contribution in [1.29, 1.82) is 0 Å². The molecule has 0 amide bonds. The predicted octanol–water partition coefficient (Wildman–Crippen LogP) is 12.0. The van der Waals surface area contributed by atoms with Crippen LogP contribution in [0.3, 0.4) is 0 Å². The minimum absolute atomic E-state index is 0.122. The van der Waals surface area contributed by atoms with Gasteiger partial charge in [-0.1, -0.05) is 83.7 Å². The molecule has 45 heavy (non-hydrogen) atoms. The smallest absolute Gasteiger partial charge is 0.430 e. The van der Waals surface area contributed by atoms with Crippen LogP contribution in [0, 0.1) is 46.3 Å². The van der Waals surface area contributed by atoms with Crippen LogP contribution in [0.2, 0.25) is 0 Å². The van der Waals surface area contributed by atoms with Gasteiger partial charge in [0.05, 0.1) is 11.4 Å². The van der Waals surface area contributed by atoms with Gasteiger partial charge in [0, 0.05) is 6.42 Å². The largest absolute Gasteiger partial charge is 0.514 e. The van der Waals surface area contributed by atoms with Crippen LogP contribution in [-0.2, 0) is 4.74 Å². The highest BCUT2D eigenvalue weighted by molar-refractivity contribution is 5.64. The number of rotatable bonds is 9. The third-order valence-electron chi connectivity index (χ3n) is 12.6. The van der Waals surface area contributed by atoms with Crippen molar-refractivity contribution >= 4 is 17.5 Å². The number of carbonyl (C=O) groups is 1. The second-order valence-corrected chi connectivity index (χ2v) is 15.7. The Labute approximate surface area is 271 Å². The summed E-state index contributed by atoms with van der Waals surface area (Å²) >= 11 is 0. The van der Waals surface area contributed by atoms with E-state index < -0.39 is 6.16 Å². The van der Waals surface area contributed by atoms with Gasteiger partial charge in [-0.05, 0) is 128 Å². The topological polar surface area (TPSA) is 60.2 Å². The van der Waals surface area contributed by atoms with E-state index in [1.165, 1.54) is 56.9 Å². The summed E-state index contributed by atoms with van der Waals surface area (Å²) in [7, 11) is 0. The average molecular weight is 611 g/mol. The molecule has 0 heterocycles. The highest BCUT2D eigenvalue weighted by Gasteiger charge is 2.59. The summed E-state index contributed by atoms with van der Waals surface area (Å²) < 4.78 is 11.4. The molecule has 242 valence electrons. The first-order valence-electron chi connectivity index (χ1n) is 17.8. The summed E-state index contributed by atoms with van der Waals surface area (Å²) in [5, 5.41) is 8.50. The average Bonchev–Trinajstić information content (AvgIpc) is 3.38. The van der Waals surface area contributed by atoms with Gasteiger partial charge in [0.1, 0.15) is 11.9 Å². The van der Waals surface area contributed by atoms with Crippen LogP contribution in [0.15, 0.2) is 76.5 Å². The summed E-state index contributed by atoms with van der Waals surface area (Å²) in [5.41, 5.74) is 3.76. The fraction of sp³-hybridized carbons (Fsp3) is 0.625. The lowest BCUT2D eigenvalue weighted by Gasteiger charge is -2.58. The number of fused-ring (bicyclic) bond motifs is 5. The monoisotopic (exact) mass is 610 g/mol. The molecule has 3 saturated carbocycles. The molecule has 5 nitrogen and oxygen atoms in total. The first kappa shape index (κ1) is 32.0. The predicted molar refractivity (Wildman–Crippen MR) is 181 cm³/mol. The van der Waals surface area contributed by atoms with Crippen LogP contribution in [0.1, 0.15) is 105 Å². The number of benzene rings is 2. The van der Waals surface area contributed by atoms with E-state index in [1.54, 1.807) is 24.3 Å². The minimum atomic E-state index is -0.621. The Balaban J connectivity index is 1.03. The van der Waals surface area contributed by atoms with E-state index in [9.17, 15) is 4.79 Å². The van der Waals surface area contributed by atoms with Crippen LogP contribution >= 0.6 is 0 Å². The molecule has 6 rings (SSSR count). The Hall–Kier alpha value is -2.95. The summed E-state index contributed by atoms with van der Waals surface area (Å²) in [6, 6.07) is 16.7. The van der Waals surface area contributed by atoms with Gasteiger partial charge in [-0.3, -0.25) is 0 Å². The lowest BCUT2D eigenvalue weighted by atomic mass is 9.47. The number of ether oxygens (including phenoxy) is 2. The summed E-state index contributed by atoms with van der Waals surface area (Å²) in [6.45, 7) is 12.5. The third kappa shape index (κ3) is 6.79. The van der Waals surface area contributed by atoms with Gasteiger partial charge in [-0.25, -0.2) is 4.79 Å². The Morgan fingerprint density at radius 3 is 2.33 bits per heavy atom. The summed E-state index contributed by atoms with van der Waals surface area (Å²) in [4.78, 5) is 12.8. The molecule has 0 unspecified atom stereocenters. The quantitative estimate of drug-likeness (QED) is 0.123. The van der Waals surface area contributed by atoms with Gasteiger partial charge in [0.2, 0.25) is 0 Å². The molecular weight excluding hydrogens is 556 g/mol. The zero-order valence-electron chi connectivity index (χ0n) is 28.2. The number of allylic oxidation sites excluding steroid dienone is 1. The molecule has 0 aliphatic heterocycles. The third-order valence-corrected chi connectivity index (χ3v) is 12.6.